The van der Waals surface area contributed by atoms with Gasteiger partial charge in [-0.25, -0.2) is 4.98 Å². The molecule has 0 saturated carbocycles. The van der Waals surface area contributed by atoms with Gasteiger partial charge in [-0.3, -0.25) is 4.98 Å². The van der Waals surface area contributed by atoms with Gasteiger partial charge in [-0.1, -0.05) is 0 Å². The van der Waals surface area contributed by atoms with Gasteiger partial charge in [-0.2, -0.15) is 0 Å². The molecule has 1 unspecified atom stereocenters. The van der Waals surface area contributed by atoms with Crippen LogP contribution in [-0.2, 0) is 6.42 Å². The minimum absolute atomic E-state index is 0.403. The lowest BCUT2D eigenvalue weighted by atomic mass is 9.94. The van der Waals surface area contributed by atoms with E-state index in [9.17, 15) is 0 Å². The summed E-state index contributed by atoms with van der Waals surface area (Å²) in [7, 11) is 0. The molecule has 0 spiro atoms. The van der Waals surface area contributed by atoms with Gasteiger partial charge in [0.15, 0.2) is 0 Å². The fourth-order valence-corrected chi connectivity index (χ4v) is 3.34. The van der Waals surface area contributed by atoms with Gasteiger partial charge in [0.2, 0.25) is 0 Å². The van der Waals surface area contributed by atoms with Crippen LogP contribution in [0.3, 0.4) is 0 Å². The fourth-order valence-electron chi connectivity index (χ4n) is 2.35. The summed E-state index contributed by atoms with van der Waals surface area (Å²) in [5, 5.41) is 5.71. The molecule has 0 aliphatic heterocycles. The van der Waals surface area contributed by atoms with Gasteiger partial charge in [0.1, 0.15) is 5.82 Å². The first kappa shape index (κ1) is 10.7. The molecule has 2 aromatic rings. The van der Waals surface area contributed by atoms with Crippen molar-refractivity contribution >= 4 is 17.2 Å². The molecule has 0 radical (unpaired) electrons. The number of nitrogens with one attached hydrogen (secondary N) is 1. The van der Waals surface area contributed by atoms with Crippen LogP contribution in [0.2, 0.25) is 0 Å². The highest BCUT2D eigenvalue weighted by atomic mass is 32.1. The van der Waals surface area contributed by atoms with Gasteiger partial charge >= 0.3 is 0 Å². The van der Waals surface area contributed by atoms with Crippen LogP contribution >= 0.6 is 11.3 Å². The molecule has 0 aromatic carbocycles. The van der Waals surface area contributed by atoms with Crippen molar-refractivity contribution in [2.24, 2.45) is 0 Å². The van der Waals surface area contributed by atoms with Crippen LogP contribution in [-0.4, -0.2) is 9.97 Å². The van der Waals surface area contributed by atoms with E-state index in [0.29, 0.717) is 6.04 Å². The summed E-state index contributed by atoms with van der Waals surface area (Å²) in [6.07, 6.45) is 7.14. The van der Waals surface area contributed by atoms with E-state index in [4.69, 9.17) is 0 Å². The van der Waals surface area contributed by atoms with Gasteiger partial charge in [0.25, 0.3) is 0 Å². The van der Waals surface area contributed by atoms with Gasteiger partial charge in [0, 0.05) is 17.3 Å². The van der Waals surface area contributed by atoms with E-state index in [1.807, 2.05) is 18.3 Å². The van der Waals surface area contributed by atoms with Crippen molar-refractivity contribution < 1.29 is 0 Å². The Balaban J connectivity index is 1.86. The number of fused-ring (bicyclic) bond motifs is 1. The van der Waals surface area contributed by atoms with Crippen molar-refractivity contribution in [3.63, 3.8) is 0 Å². The predicted molar refractivity (Wildman–Crippen MR) is 70.4 cm³/mol. The minimum Gasteiger partial charge on any atom is -0.362 e. The molecule has 1 aliphatic rings. The Morgan fingerprint density at radius 3 is 3.12 bits per heavy atom. The van der Waals surface area contributed by atoms with Crippen LogP contribution in [0.4, 0.5) is 5.82 Å². The predicted octanol–water partition coefficient (Wildman–Crippen LogP) is 3.34. The Bertz CT molecular complexity index is 521. The number of anilines is 1. The number of thiophene rings is 1. The topological polar surface area (TPSA) is 37.8 Å². The fraction of sp³-hybridized carbons (Fsp3) is 0.385. The lowest BCUT2D eigenvalue weighted by Gasteiger charge is -2.24. The number of nitrogens with zero attached hydrogens (tertiary/aromatic N) is 2. The van der Waals surface area contributed by atoms with Gasteiger partial charge in [-0.05, 0) is 43.2 Å². The van der Waals surface area contributed by atoms with E-state index >= 15 is 0 Å². The van der Waals surface area contributed by atoms with Crippen LogP contribution in [0.15, 0.2) is 23.8 Å². The molecule has 0 bridgehead atoms. The number of hydrogen-bond donors (Lipinski definition) is 1. The van der Waals surface area contributed by atoms with Crippen molar-refractivity contribution in [3.05, 3.63) is 40.0 Å². The quantitative estimate of drug-likeness (QED) is 0.881. The van der Waals surface area contributed by atoms with E-state index < -0.39 is 0 Å². The summed E-state index contributed by atoms with van der Waals surface area (Å²) in [5.41, 5.74) is 2.42. The highest BCUT2D eigenvalue weighted by Crippen LogP contribution is 2.35. The van der Waals surface area contributed by atoms with Crippen LogP contribution in [0.1, 0.15) is 35.0 Å². The molecule has 1 atom stereocenters. The minimum atomic E-state index is 0.403. The monoisotopic (exact) mass is 245 g/mol. The Hall–Kier alpha value is -1.42. The van der Waals surface area contributed by atoms with E-state index in [2.05, 4.69) is 26.7 Å². The lowest BCUT2D eigenvalue weighted by Crippen LogP contribution is -2.17. The van der Waals surface area contributed by atoms with Crippen LogP contribution in [0.25, 0.3) is 0 Å². The largest absolute Gasteiger partial charge is 0.362 e. The van der Waals surface area contributed by atoms with Crippen molar-refractivity contribution in [2.75, 3.05) is 5.32 Å². The SMILES string of the molecule is Cc1nccnc1NC1CCCc2sccc21. The zero-order valence-electron chi connectivity index (χ0n) is 9.81. The molecule has 2 aromatic heterocycles. The third kappa shape index (κ3) is 2.05. The molecular formula is C13H15N3S. The molecule has 4 heteroatoms. The smallest absolute Gasteiger partial charge is 0.147 e. The first-order valence-corrected chi connectivity index (χ1v) is 6.83. The number of aromatic nitrogens is 2. The first-order chi connectivity index (χ1) is 8.34. The molecule has 17 heavy (non-hydrogen) atoms. The second-order valence-electron chi connectivity index (χ2n) is 4.38. The maximum Gasteiger partial charge on any atom is 0.147 e. The summed E-state index contributed by atoms with van der Waals surface area (Å²) >= 11 is 1.87. The highest BCUT2D eigenvalue weighted by Gasteiger charge is 2.21. The Morgan fingerprint density at radius 1 is 1.35 bits per heavy atom. The molecule has 0 fully saturated rings. The molecule has 0 amide bonds. The number of aryl methyl sites for hydroxylation is 2. The molecule has 0 saturated heterocycles. The number of rotatable bonds is 2. The van der Waals surface area contributed by atoms with E-state index in [1.54, 1.807) is 12.4 Å². The van der Waals surface area contributed by atoms with E-state index in [0.717, 1.165) is 11.5 Å². The first-order valence-electron chi connectivity index (χ1n) is 5.95. The molecule has 2 heterocycles. The zero-order valence-corrected chi connectivity index (χ0v) is 10.6. The third-order valence-corrected chi connectivity index (χ3v) is 4.24. The second kappa shape index (κ2) is 4.45. The maximum absolute atomic E-state index is 4.36. The Labute approximate surface area is 105 Å². The van der Waals surface area contributed by atoms with Crippen LogP contribution in [0.5, 0.6) is 0 Å². The van der Waals surface area contributed by atoms with Crippen molar-refractivity contribution in [1.29, 1.82) is 0 Å². The average Bonchev–Trinajstić information content (AvgIpc) is 2.81. The maximum atomic E-state index is 4.36. The van der Waals surface area contributed by atoms with Crippen LogP contribution in [0, 0.1) is 6.92 Å². The summed E-state index contributed by atoms with van der Waals surface area (Å²) < 4.78 is 0. The van der Waals surface area contributed by atoms with Crippen molar-refractivity contribution in [1.82, 2.24) is 9.97 Å². The molecule has 88 valence electrons. The van der Waals surface area contributed by atoms with Crippen molar-refractivity contribution in [2.45, 2.75) is 32.2 Å². The van der Waals surface area contributed by atoms with Gasteiger partial charge in [0.05, 0.1) is 11.7 Å². The highest BCUT2D eigenvalue weighted by molar-refractivity contribution is 7.10. The zero-order chi connectivity index (χ0) is 11.7. The van der Waals surface area contributed by atoms with Gasteiger partial charge in [-0.15, -0.1) is 11.3 Å². The Morgan fingerprint density at radius 2 is 2.24 bits per heavy atom. The summed E-state index contributed by atoms with van der Waals surface area (Å²) in [6, 6.07) is 2.64. The standard InChI is InChI=1S/C13H15N3S/c1-9-13(15-7-6-14-9)16-11-3-2-4-12-10(11)5-8-17-12/h5-8,11H,2-4H2,1H3,(H,15,16). The molecule has 3 rings (SSSR count). The normalized spacial score (nSPS) is 18.8. The summed E-state index contributed by atoms with van der Waals surface area (Å²) in [6.45, 7) is 1.99. The molecule has 1 N–H and O–H groups in total. The Kier molecular flexibility index (Phi) is 2.81. The van der Waals surface area contributed by atoms with Crippen molar-refractivity contribution in [3.8, 4) is 0 Å². The van der Waals surface area contributed by atoms with E-state index in [1.165, 1.54) is 29.7 Å². The number of hydrogen-bond acceptors (Lipinski definition) is 4. The van der Waals surface area contributed by atoms with E-state index in [-0.39, 0.29) is 0 Å². The lowest BCUT2D eigenvalue weighted by molar-refractivity contribution is 0.606. The second-order valence-corrected chi connectivity index (χ2v) is 5.38. The molecule has 3 nitrogen and oxygen atoms in total. The molecular weight excluding hydrogens is 230 g/mol. The average molecular weight is 245 g/mol. The summed E-state index contributed by atoms with van der Waals surface area (Å²) in [4.78, 5) is 10.1. The third-order valence-electron chi connectivity index (χ3n) is 3.24. The summed E-state index contributed by atoms with van der Waals surface area (Å²) in [5.74, 6) is 0.913. The molecule has 1 aliphatic carbocycles. The van der Waals surface area contributed by atoms with Gasteiger partial charge < -0.3 is 5.32 Å². The van der Waals surface area contributed by atoms with Crippen LogP contribution < -0.4 is 5.32 Å².